The second-order valence-corrected chi connectivity index (χ2v) is 8.37. The third-order valence-corrected chi connectivity index (χ3v) is 5.53. The minimum atomic E-state index is -0.0676. The fraction of sp³-hybridized carbons (Fsp3) is 0.318. The highest BCUT2D eigenvalue weighted by Gasteiger charge is 2.35. The molecule has 0 atom stereocenters. The molecule has 2 aromatic carbocycles. The van der Waals surface area contributed by atoms with Gasteiger partial charge in [0.15, 0.2) is 5.76 Å². The molecule has 0 fully saturated rings. The molecule has 0 bridgehead atoms. The molecular weight excluding hydrogens is 406 g/mol. The highest BCUT2D eigenvalue weighted by Crippen LogP contribution is 2.44. The van der Waals surface area contributed by atoms with Crippen molar-refractivity contribution >= 4 is 27.8 Å². The van der Waals surface area contributed by atoms with E-state index in [1.807, 2.05) is 37.3 Å². The molecular formula is C22H22BrNO3. The largest absolute Gasteiger partial charge is 0.478 e. The number of carbonyl (C=O) groups excluding carboxylic acids is 1. The molecule has 27 heavy (non-hydrogen) atoms. The molecule has 0 aliphatic carbocycles. The molecule has 2 aliphatic heterocycles. The van der Waals surface area contributed by atoms with E-state index in [9.17, 15) is 4.79 Å². The third-order valence-electron chi connectivity index (χ3n) is 4.80. The number of fused-ring (bicyclic) bond motifs is 3. The van der Waals surface area contributed by atoms with Crippen LogP contribution in [-0.4, -0.2) is 24.0 Å². The van der Waals surface area contributed by atoms with E-state index < -0.39 is 0 Å². The molecule has 140 valence electrons. The van der Waals surface area contributed by atoms with Crippen LogP contribution in [0, 0.1) is 12.8 Å². The molecule has 0 spiro atoms. The fourth-order valence-corrected chi connectivity index (χ4v) is 4.04. The number of benzene rings is 2. The van der Waals surface area contributed by atoms with E-state index in [2.05, 4.69) is 34.7 Å². The lowest BCUT2D eigenvalue weighted by atomic mass is 9.98. The van der Waals surface area contributed by atoms with Crippen molar-refractivity contribution in [1.29, 1.82) is 0 Å². The Morgan fingerprint density at radius 1 is 1.30 bits per heavy atom. The SMILES string of the molecule is Cc1cc2c(c3c1C(=O)/C(=C/c1ccccc1Br)O3)CN(CC(C)C)CO2. The average molecular weight is 428 g/mol. The Morgan fingerprint density at radius 2 is 2.07 bits per heavy atom. The maximum absolute atomic E-state index is 13.0. The molecule has 2 aliphatic rings. The van der Waals surface area contributed by atoms with Gasteiger partial charge >= 0.3 is 0 Å². The van der Waals surface area contributed by atoms with E-state index in [0.29, 0.717) is 29.7 Å². The molecule has 0 saturated heterocycles. The van der Waals surface area contributed by atoms with Crippen LogP contribution in [0.1, 0.15) is 40.9 Å². The standard InChI is InChI=1S/C22H22BrNO3/c1-13(2)10-24-11-16-18(26-12-24)8-14(3)20-21(25)19(27-22(16)20)9-15-6-4-5-7-17(15)23/h4-9,13H,10-12H2,1-3H3/b19-9-. The molecule has 0 aromatic heterocycles. The predicted octanol–water partition coefficient (Wildman–Crippen LogP) is 5.18. The lowest BCUT2D eigenvalue weighted by Gasteiger charge is -2.31. The second kappa shape index (κ2) is 7.13. The molecule has 4 nitrogen and oxygen atoms in total. The molecule has 5 heteroatoms. The molecule has 0 amide bonds. The Kier molecular flexibility index (Phi) is 4.82. The van der Waals surface area contributed by atoms with Crippen molar-refractivity contribution in [1.82, 2.24) is 4.90 Å². The van der Waals surface area contributed by atoms with Gasteiger partial charge in [0.2, 0.25) is 5.78 Å². The molecule has 2 heterocycles. The summed E-state index contributed by atoms with van der Waals surface area (Å²) in [7, 11) is 0. The van der Waals surface area contributed by atoms with Gasteiger partial charge in [0.25, 0.3) is 0 Å². The first-order valence-electron chi connectivity index (χ1n) is 9.14. The van der Waals surface area contributed by atoms with Crippen LogP contribution >= 0.6 is 15.9 Å². The van der Waals surface area contributed by atoms with Crippen LogP contribution in [0.25, 0.3) is 6.08 Å². The van der Waals surface area contributed by atoms with E-state index >= 15 is 0 Å². The van der Waals surface area contributed by atoms with Crippen molar-refractivity contribution in [3.8, 4) is 11.5 Å². The van der Waals surface area contributed by atoms with Crippen molar-refractivity contribution in [2.75, 3.05) is 13.3 Å². The molecule has 0 radical (unpaired) electrons. The lowest BCUT2D eigenvalue weighted by Crippen LogP contribution is -2.35. The summed E-state index contributed by atoms with van der Waals surface area (Å²) in [6.07, 6.45) is 1.80. The highest BCUT2D eigenvalue weighted by atomic mass is 79.9. The smallest absolute Gasteiger partial charge is 0.232 e. The van der Waals surface area contributed by atoms with Gasteiger partial charge in [0.05, 0.1) is 11.1 Å². The average Bonchev–Trinajstić information content (AvgIpc) is 2.95. The van der Waals surface area contributed by atoms with Crippen molar-refractivity contribution in [2.24, 2.45) is 5.92 Å². The summed E-state index contributed by atoms with van der Waals surface area (Å²) in [6, 6.07) is 9.74. The number of ether oxygens (including phenoxy) is 2. The lowest BCUT2D eigenvalue weighted by molar-refractivity contribution is 0.0831. The highest BCUT2D eigenvalue weighted by molar-refractivity contribution is 9.10. The summed E-state index contributed by atoms with van der Waals surface area (Å²) < 4.78 is 13.0. The Bertz CT molecular complexity index is 949. The number of aryl methyl sites for hydroxylation is 1. The number of allylic oxidation sites excluding steroid dienone is 1. The normalized spacial score (nSPS) is 17.7. The van der Waals surface area contributed by atoms with Gasteiger partial charge in [0.1, 0.15) is 18.2 Å². The summed E-state index contributed by atoms with van der Waals surface area (Å²) in [4.78, 5) is 15.3. The van der Waals surface area contributed by atoms with Gasteiger partial charge in [0, 0.05) is 17.6 Å². The first kappa shape index (κ1) is 18.3. The van der Waals surface area contributed by atoms with Crippen LogP contribution in [0.15, 0.2) is 40.6 Å². The molecule has 4 rings (SSSR count). The molecule has 2 aromatic rings. The Morgan fingerprint density at radius 3 is 2.81 bits per heavy atom. The first-order valence-corrected chi connectivity index (χ1v) is 9.93. The van der Waals surface area contributed by atoms with Crippen LogP contribution < -0.4 is 9.47 Å². The van der Waals surface area contributed by atoms with Gasteiger partial charge in [-0.1, -0.05) is 48.0 Å². The van der Waals surface area contributed by atoms with Gasteiger partial charge < -0.3 is 9.47 Å². The minimum absolute atomic E-state index is 0.0676. The van der Waals surface area contributed by atoms with Crippen LogP contribution in [0.2, 0.25) is 0 Å². The van der Waals surface area contributed by atoms with Gasteiger partial charge in [-0.3, -0.25) is 9.69 Å². The maximum atomic E-state index is 13.0. The van der Waals surface area contributed by atoms with Crippen molar-refractivity contribution in [3.05, 3.63) is 62.8 Å². The number of hydrogen-bond donors (Lipinski definition) is 0. The van der Waals surface area contributed by atoms with E-state index in [1.54, 1.807) is 6.08 Å². The van der Waals surface area contributed by atoms with E-state index in [1.165, 1.54) is 0 Å². The van der Waals surface area contributed by atoms with Crippen LogP contribution in [0.3, 0.4) is 0 Å². The number of Topliss-reactive ketones (excluding diaryl/α,β-unsaturated/α-hetero) is 1. The van der Waals surface area contributed by atoms with Crippen molar-refractivity contribution < 1.29 is 14.3 Å². The summed E-state index contributed by atoms with van der Waals surface area (Å²) in [5, 5.41) is 0. The number of nitrogens with zero attached hydrogens (tertiary/aromatic N) is 1. The summed E-state index contributed by atoms with van der Waals surface area (Å²) in [5.74, 6) is 2.31. The summed E-state index contributed by atoms with van der Waals surface area (Å²) >= 11 is 3.53. The Hall–Kier alpha value is -2.11. The Balaban J connectivity index is 1.73. The van der Waals surface area contributed by atoms with E-state index in [4.69, 9.17) is 9.47 Å². The number of ketones is 1. The summed E-state index contributed by atoms with van der Waals surface area (Å²) in [6.45, 7) is 8.55. The zero-order valence-corrected chi connectivity index (χ0v) is 17.3. The van der Waals surface area contributed by atoms with E-state index in [-0.39, 0.29) is 5.78 Å². The predicted molar refractivity (Wildman–Crippen MR) is 109 cm³/mol. The molecule has 0 saturated carbocycles. The van der Waals surface area contributed by atoms with Crippen LogP contribution in [0.4, 0.5) is 0 Å². The van der Waals surface area contributed by atoms with Crippen LogP contribution in [0.5, 0.6) is 11.5 Å². The maximum Gasteiger partial charge on any atom is 0.232 e. The van der Waals surface area contributed by atoms with Crippen LogP contribution in [-0.2, 0) is 6.54 Å². The quantitative estimate of drug-likeness (QED) is 0.632. The monoisotopic (exact) mass is 427 g/mol. The number of carbonyl (C=O) groups is 1. The van der Waals surface area contributed by atoms with E-state index in [0.717, 1.165) is 40.0 Å². The number of hydrogen-bond acceptors (Lipinski definition) is 4. The third kappa shape index (κ3) is 3.42. The van der Waals surface area contributed by atoms with Gasteiger partial charge in [-0.2, -0.15) is 0 Å². The summed E-state index contributed by atoms with van der Waals surface area (Å²) in [5.41, 5.74) is 3.42. The van der Waals surface area contributed by atoms with Crippen molar-refractivity contribution in [3.63, 3.8) is 0 Å². The first-order chi connectivity index (χ1) is 12.9. The minimum Gasteiger partial charge on any atom is -0.478 e. The fourth-order valence-electron chi connectivity index (χ4n) is 3.64. The Labute approximate surface area is 167 Å². The zero-order chi connectivity index (χ0) is 19.1. The molecule has 0 N–H and O–H groups in total. The van der Waals surface area contributed by atoms with Crippen molar-refractivity contribution in [2.45, 2.75) is 27.3 Å². The second-order valence-electron chi connectivity index (χ2n) is 7.51. The number of halogens is 1. The van der Waals surface area contributed by atoms with Gasteiger partial charge in [-0.05, 0) is 42.2 Å². The topological polar surface area (TPSA) is 38.8 Å². The van der Waals surface area contributed by atoms with Gasteiger partial charge in [-0.25, -0.2) is 0 Å². The zero-order valence-electron chi connectivity index (χ0n) is 15.7. The van der Waals surface area contributed by atoms with Gasteiger partial charge in [-0.15, -0.1) is 0 Å². The molecule has 0 unspecified atom stereocenters. The number of rotatable bonds is 3.